The van der Waals surface area contributed by atoms with Crippen molar-refractivity contribution in [3.8, 4) is 0 Å². The van der Waals surface area contributed by atoms with Gasteiger partial charge < -0.3 is 11.1 Å². The van der Waals surface area contributed by atoms with Crippen molar-refractivity contribution in [1.29, 1.82) is 0 Å². The fourth-order valence-electron chi connectivity index (χ4n) is 2.57. The average molecular weight is 247 g/mol. The fourth-order valence-corrected chi connectivity index (χ4v) is 2.57. The molecule has 1 aromatic heterocycles. The maximum atomic E-state index is 5.97. The number of hydrogen-bond donors (Lipinski definition) is 2. The Morgan fingerprint density at radius 3 is 2.89 bits per heavy atom. The zero-order chi connectivity index (χ0) is 13.0. The number of nitrogens with one attached hydrogen (secondary N) is 1. The summed E-state index contributed by atoms with van der Waals surface area (Å²) in [7, 11) is 0. The fraction of sp³-hybridized carbons (Fsp3) is 0.667. The summed E-state index contributed by atoms with van der Waals surface area (Å²) < 4.78 is 0. The molecule has 0 aromatic carbocycles. The van der Waals surface area contributed by atoms with Gasteiger partial charge in [0.2, 0.25) is 0 Å². The highest BCUT2D eigenvalue weighted by molar-refractivity contribution is 5.43. The highest BCUT2D eigenvalue weighted by atomic mass is 14.9. The zero-order valence-electron chi connectivity index (χ0n) is 11.6. The molecular weight excluding hydrogens is 222 g/mol. The topological polar surface area (TPSA) is 50.9 Å². The van der Waals surface area contributed by atoms with Crippen molar-refractivity contribution in [1.82, 2.24) is 10.3 Å². The van der Waals surface area contributed by atoms with Gasteiger partial charge in [-0.1, -0.05) is 6.92 Å². The Morgan fingerprint density at radius 1 is 1.50 bits per heavy atom. The van der Waals surface area contributed by atoms with Crippen LogP contribution in [0.3, 0.4) is 0 Å². The number of rotatable bonds is 7. The van der Waals surface area contributed by atoms with Crippen LogP contribution in [0, 0.1) is 12.8 Å². The van der Waals surface area contributed by atoms with Gasteiger partial charge >= 0.3 is 0 Å². The molecule has 1 unspecified atom stereocenters. The third-order valence-corrected chi connectivity index (χ3v) is 3.88. The number of nitrogens with two attached hydrogens (primary N) is 1. The van der Waals surface area contributed by atoms with Gasteiger partial charge in [-0.3, -0.25) is 0 Å². The molecule has 1 saturated carbocycles. The van der Waals surface area contributed by atoms with Crippen LogP contribution in [0.15, 0.2) is 12.3 Å². The molecule has 0 radical (unpaired) electrons. The smallest absolute Gasteiger partial charge is 0.126 e. The largest absolute Gasteiger partial charge is 0.383 e. The van der Waals surface area contributed by atoms with E-state index in [0.29, 0.717) is 11.9 Å². The number of pyridine rings is 1. The lowest BCUT2D eigenvalue weighted by Crippen LogP contribution is -2.32. The molecule has 1 aromatic rings. The minimum Gasteiger partial charge on any atom is -0.383 e. The van der Waals surface area contributed by atoms with Crippen molar-refractivity contribution in [2.24, 2.45) is 5.92 Å². The number of nitrogen functional groups attached to an aromatic ring is 1. The van der Waals surface area contributed by atoms with Gasteiger partial charge in [0.1, 0.15) is 5.82 Å². The van der Waals surface area contributed by atoms with Crippen LogP contribution >= 0.6 is 0 Å². The first-order valence-electron chi connectivity index (χ1n) is 7.15. The molecule has 1 atom stereocenters. The Kier molecular flexibility index (Phi) is 4.59. The SMILES string of the molecule is CCCNC(CCc1c(C)ccnc1N)C1CC1. The third-order valence-electron chi connectivity index (χ3n) is 3.88. The van der Waals surface area contributed by atoms with E-state index in [0.717, 1.165) is 18.9 Å². The average Bonchev–Trinajstić information content (AvgIpc) is 3.16. The molecule has 0 saturated heterocycles. The van der Waals surface area contributed by atoms with Gasteiger partial charge in [0.25, 0.3) is 0 Å². The summed E-state index contributed by atoms with van der Waals surface area (Å²) in [6.07, 6.45) is 8.01. The molecule has 0 amide bonds. The van der Waals surface area contributed by atoms with Gasteiger partial charge in [0.15, 0.2) is 0 Å². The summed E-state index contributed by atoms with van der Waals surface area (Å²) in [5.74, 6) is 1.61. The molecule has 18 heavy (non-hydrogen) atoms. The Morgan fingerprint density at radius 2 is 2.28 bits per heavy atom. The monoisotopic (exact) mass is 247 g/mol. The number of anilines is 1. The van der Waals surface area contributed by atoms with E-state index in [2.05, 4.69) is 30.2 Å². The maximum Gasteiger partial charge on any atom is 0.126 e. The molecule has 3 heteroatoms. The van der Waals surface area contributed by atoms with E-state index >= 15 is 0 Å². The molecule has 0 aliphatic heterocycles. The number of aromatic nitrogens is 1. The van der Waals surface area contributed by atoms with E-state index in [1.165, 1.54) is 36.8 Å². The van der Waals surface area contributed by atoms with Gasteiger partial charge in [-0.15, -0.1) is 0 Å². The molecule has 3 nitrogen and oxygen atoms in total. The van der Waals surface area contributed by atoms with Crippen LogP contribution < -0.4 is 11.1 Å². The van der Waals surface area contributed by atoms with Crippen LogP contribution in [0.4, 0.5) is 5.82 Å². The van der Waals surface area contributed by atoms with Crippen molar-refractivity contribution in [3.63, 3.8) is 0 Å². The summed E-state index contributed by atoms with van der Waals surface area (Å²) in [5, 5.41) is 3.68. The first-order chi connectivity index (χ1) is 8.72. The maximum absolute atomic E-state index is 5.97. The minimum absolute atomic E-state index is 0.670. The lowest BCUT2D eigenvalue weighted by Gasteiger charge is -2.18. The van der Waals surface area contributed by atoms with Crippen molar-refractivity contribution in [2.45, 2.75) is 52.0 Å². The van der Waals surface area contributed by atoms with Crippen LogP contribution in [0.25, 0.3) is 0 Å². The molecule has 3 N–H and O–H groups in total. The van der Waals surface area contributed by atoms with Gasteiger partial charge in [0.05, 0.1) is 0 Å². The van der Waals surface area contributed by atoms with Crippen LogP contribution in [-0.2, 0) is 6.42 Å². The highest BCUT2D eigenvalue weighted by Crippen LogP contribution is 2.34. The summed E-state index contributed by atoms with van der Waals surface area (Å²) in [4.78, 5) is 4.20. The second kappa shape index (κ2) is 6.19. The van der Waals surface area contributed by atoms with Gasteiger partial charge in [-0.25, -0.2) is 4.98 Å². The molecule has 0 spiro atoms. The lowest BCUT2D eigenvalue weighted by molar-refractivity contribution is 0.435. The summed E-state index contributed by atoms with van der Waals surface area (Å²) in [6, 6.07) is 2.72. The lowest BCUT2D eigenvalue weighted by atomic mass is 9.99. The normalized spacial score (nSPS) is 16.8. The van der Waals surface area contributed by atoms with Gasteiger partial charge in [0, 0.05) is 12.2 Å². The molecule has 2 rings (SSSR count). The molecule has 1 fully saturated rings. The summed E-state index contributed by atoms with van der Waals surface area (Å²) in [6.45, 7) is 5.47. The van der Waals surface area contributed by atoms with Gasteiger partial charge in [-0.05, 0) is 68.7 Å². The van der Waals surface area contributed by atoms with Crippen LogP contribution in [0.2, 0.25) is 0 Å². The molecule has 1 aliphatic rings. The number of aryl methyl sites for hydroxylation is 1. The van der Waals surface area contributed by atoms with Crippen molar-refractivity contribution < 1.29 is 0 Å². The van der Waals surface area contributed by atoms with E-state index in [4.69, 9.17) is 5.73 Å². The quantitative estimate of drug-likeness (QED) is 0.779. The summed E-state index contributed by atoms with van der Waals surface area (Å²) in [5.41, 5.74) is 8.48. The first-order valence-corrected chi connectivity index (χ1v) is 7.15. The Labute approximate surface area is 110 Å². The third kappa shape index (κ3) is 3.45. The number of nitrogens with zero attached hydrogens (tertiary/aromatic N) is 1. The van der Waals surface area contributed by atoms with E-state index in [-0.39, 0.29) is 0 Å². The first kappa shape index (κ1) is 13.3. The van der Waals surface area contributed by atoms with E-state index in [1.54, 1.807) is 6.20 Å². The minimum atomic E-state index is 0.670. The molecule has 1 heterocycles. The summed E-state index contributed by atoms with van der Waals surface area (Å²) >= 11 is 0. The Balaban J connectivity index is 1.92. The predicted molar refractivity (Wildman–Crippen MR) is 76.5 cm³/mol. The van der Waals surface area contributed by atoms with E-state index in [1.807, 2.05) is 0 Å². The van der Waals surface area contributed by atoms with Gasteiger partial charge in [-0.2, -0.15) is 0 Å². The van der Waals surface area contributed by atoms with E-state index in [9.17, 15) is 0 Å². The molecular formula is C15H25N3. The van der Waals surface area contributed by atoms with Crippen LogP contribution in [0.5, 0.6) is 0 Å². The predicted octanol–water partition coefficient (Wildman–Crippen LogP) is 2.68. The van der Waals surface area contributed by atoms with Crippen molar-refractivity contribution in [3.05, 3.63) is 23.4 Å². The molecule has 0 bridgehead atoms. The van der Waals surface area contributed by atoms with E-state index < -0.39 is 0 Å². The standard InChI is InChI=1S/C15H25N3/c1-3-9-17-14(12-4-5-12)7-6-13-11(2)8-10-18-15(13)16/h8,10,12,14,17H,3-7,9H2,1-2H3,(H2,16,18). The second-order valence-electron chi connectivity index (χ2n) is 5.43. The number of hydrogen-bond acceptors (Lipinski definition) is 3. The van der Waals surface area contributed by atoms with Crippen molar-refractivity contribution in [2.75, 3.05) is 12.3 Å². The molecule has 1 aliphatic carbocycles. The van der Waals surface area contributed by atoms with Crippen LogP contribution in [-0.4, -0.2) is 17.6 Å². The van der Waals surface area contributed by atoms with Crippen molar-refractivity contribution >= 4 is 5.82 Å². The highest BCUT2D eigenvalue weighted by Gasteiger charge is 2.30. The Hall–Kier alpha value is -1.09. The van der Waals surface area contributed by atoms with Crippen LogP contribution in [0.1, 0.15) is 43.7 Å². The Bertz CT molecular complexity index is 365. The molecule has 100 valence electrons. The second-order valence-corrected chi connectivity index (χ2v) is 5.43. The zero-order valence-corrected chi connectivity index (χ0v) is 11.6.